The number of ether oxygens (including phenoxy) is 1. The Morgan fingerprint density at radius 1 is 1.30 bits per heavy atom. The van der Waals surface area contributed by atoms with Gasteiger partial charge in [0.25, 0.3) is 5.91 Å². The molecule has 0 aromatic heterocycles. The highest BCUT2D eigenvalue weighted by Crippen LogP contribution is 2.39. The number of morpholine rings is 1. The highest BCUT2D eigenvalue weighted by atomic mass is 16.5. The lowest BCUT2D eigenvalue weighted by Crippen LogP contribution is -2.49. The van der Waals surface area contributed by atoms with Crippen molar-refractivity contribution in [3.05, 3.63) is 34.4 Å². The van der Waals surface area contributed by atoms with Crippen LogP contribution >= 0.6 is 0 Å². The van der Waals surface area contributed by atoms with E-state index in [-0.39, 0.29) is 18.6 Å². The van der Waals surface area contributed by atoms with Crippen molar-refractivity contribution in [1.29, 1.82) is 0 Å². The number of rotatable bonds is 7. The number of carbonyl (C=O) groups is 1. The van der Waals surface area contributed by atoms with Gasteiger partial charge in [-0.1, -0.05) is 13.0 Å². The van der Waals surface area contributed by atoms with E-state index in [1.54, 1.807) is 0 Å². The Bertz CT molecular complexity index is 655. The van der Waals surface area contributed by atoms with Crippen molar-refractivity contribution in [1.82, 2.24) is 9.80 Å². The summed E-state index contributed by atoms with van der Waals surface area (Å²) in [6.45, 7) is 10.5. The van der Waals surface area contributed by atoms with Gasteiger partial charge in [0.15, 0.2) is 0 Å². The maximum atomic E-state index is 13.1. The van der Waals surface area contributed by atoms with E-state index in [1.807, 2.05) is 18.7 Å². The van der Waals surface area contributed by atoms with Gasteiger partial charge in [-0.05, 0) is 68.8 Å². The molecule has 1 aliphatic carbocycles. The smallest absolute Gasteiger partial charge is 0.254 e. The number of amides is 1. The number of fused-ring (bicyclic) bond motifs is 3. The predicted octanol–water partition coefficient (Wildman–Crippen LogP) is 2.80. The third kappa shape index (κ3) is 4.05. The molecule has 27 heavy (non-hydrogen) atoms. The van der Waals surface area contributed by atoms with Gasteiger partial charge in [0.2, 0.25) is 0 Å². The first-order valence-electron chi connectivity index (χ1n) is 10.6. The minimum absolute atomic E-state index is 0.0560. The fourth-order valence-electron chi connectivity index (χ4n) is 4.67. The number of aryl methyl sites for hydroxylation is 1. The van der Waals surface area contributed by atoms with Gasteiger partial charge in [0, 0.05) is 37.8 Å². The Morgan fingerprint density at radius 2 is 2.07 bits per heavy atom. The highest BCUT2D eigenvalue weighted by Gasteiger charge is 2.37. The highest BCUT2D eigenvalue weighted by molar-refractivity contribution is 5.96. The van der Waals surface area contributed by atoms with Gasteiger partial charge in [-0.25, -0.2) is 0 Å². The summed E-state index contributed by atoms with van der Waals surface area (Å²) in [7, 11) is 0. The van der Waals surface area contributed by atoms with Gasteiger partial charge in [-0.3, -0.25) is 9.69 Å². The summed E-state index contributed by atoms with van der Waals surface area (Å²) in [4.78, 5) is 17.5. The summed E-state index contributed by atoms with van der Waals surface area (Å²) >= 11 is 0. The van der Waals surface area contributed by atoms with E-state index < -0.39 is 0 Å². The van der Waals surface area contributed by atoms with E-state index in [0.717, 1.165) is 50.1 Å². The molecule has 2 atom stereocenters. The number of carbonyl (C=O) groups excluding carboxylic acids is 1. The van der Waals surface area contributed by atoms with Crippen molar-refractivity contribution in [3.8, 4) is 0 Å². The summed E-state index contributed by atoms with van der Waals surface area (Å²) < 4.78 is 6.22. The van der Waals surface area contributed by atoms with Gasteiger partial charge in [0.05, 0.1) is 12.7 Å². The maximum absolute atomic E-state index is 13.1. The number of hydrogen-bond donors (Lipinski definition) is 1. The van der Waals surface area contributed by atoms with Crippen LogP contribution in [-0.4, -0.2) is 66.2 Å². The van der Waals surface area contributed by atoms with Crippen molar-refractivity contribution in [3.63, 3.8) is 0 Å². The first-order valence-corrected chi connectivity index (χ1v) is 10.6. The van der Waals surface area contributed by atoms with Crippen LogP contribution in [0.4, 0.5) is 0 Å². The molecule has 5 heteroatoms. The molecule has 1 aromatic carbocycles. The molecule has 5 nitrogen and oxygen atoms in total. The second kappa shape index (κ2) is 9.18. The quantitative estimate of drug-likeness (QED) is 0.797. The largest absolute Gasteiger partial charge is 0.396 e. The van der Waals surface area contributed by atoms with Crippen LogP contribution in [0, 0.1) is 0 Å². The number of nitrogens with zero attached hydrogens (tertiary/aromatic N) is 2. The van der Waals surface area contributed by atoms with Crippen molar-refractivity contribution in [2.45, 2.75) is 58.6 Å². The Hall–Kier alpha value is -1.43. The summed E-state index contributed by atoms with van der Waals surface area (Å²) in [5, 5.41) is 9.51. The molecule has 1 heterocycles. The molecule has 3 rings (SSSR count). The van der Waals surface area contributed by atoms with Crippen LogP contribution in [0.3, 0.4) is 0 Å². The van der Waals surface area contributed by atoms with Crippen molar-refractivity contribution < 1.29 is 14.6 Å². The molecule has 0 spiro atoms. The van der Waals surface area contributed by atoms with E-state index in [0.29, 0.717) is 25.6 Å². The average Bonchev–Trinajstić information content (AvgIpc) is 2.68. The topological polar surface area (TPSA) is 53.0 Å². The van der Waals surface area contributed by atoms with Crippen LogP contribution in [0.1, 0.15) is 66.8 Å². The Labute approximate surface area is 163 Å². The molecule has 1 fully saturated rings. The molecular formula is C22H34N2O3. The minimum atomic E-state index is 0.0560. The lowest BCUT2D eigenvalue weighted by molar-refractivity contribution is -0.0801. The molecule has 1 amide bonds. The third-order valence-electron chi connectivity index (χ3n) is 6.05. The van der Waals surface area contributed by atoms with Gasteiger partial charge in [-0.15, -0.1) is 0 Å². The number of benzene rings is 1. The second-order valence-electron chi connectivity index (χ2n) is 7.59. The molecule has 0 radical (unpaired) electrons. The van der Waals surface area contributed by atoms with Gasteiger partial charge < -0.3 is 14.7 Å². The number of hydrogen-bond acceptors (Lipinski definition) is 4. The van der Waals surface area contributed by atoms with E-state index in [2.05, 4.69) is 24.0 Å². The summed E-state index contributed by atoms with van der Waals surface area (Å²) in [6.07, 6.45) is 3.84. The first kappa shape index (κ1) is 20.3. The van der Waals surface area contributed by atoms with Crippen LogP contribution in [0.25, 0.3) is 0 Å². The molecule has 0 saturated carbocycles. The number of aliphatic hydroxyl groups excluding tert-OH is 1. The predicted molar refractivity (Wildman–Crippen MR) is 107 cm³/mol. The van der Waals surface area contributed by atoms with Crippen LogP contribution in [0.15, 0.2) is 12.1 Å². The minimum Gasteiger partial charge on any atom is -0.396 e. The van der Waals surface area contributed by atoms with Crippen molar-refractivity contribution >= 4 is 5.91 Å². The Morgan fingerprint density at radius 3 is 2.74 bits per heavy atom. The van der Waals surface area contributed by atoms with Crippen LogP contribution in [0.2, 0.25) is 0 Å². The third-order valence-corrected chi connectivity index (χ3v) is 6.05. The second-order valence-corrected chi connectivity index (χ2v) is 7.59. The zero-order valence-electron chi connectivity index (χ0n) is 17.0. The normalized spacial score (nSPS) is 22.2. The molecule has 2 aliphatic rings. The van der Waals surface area contributed by atoms with E-state index >= 15 is 0 Å². The Kier molecular flexibility index (Phi) is 6.90. The van der Waals surface area contributed by atoms with Crippen LogP contribution in [0.5, 0.6) is 0 Å². The van der Waals surface area contributed by atoms with Crippen LogP contribution in [-0.2, 0) is 17.6 Å². The molecule has 1 aromatic rings. The van der Waals surface area contributed by atoms with Crippen molar-refractivity contribution in [2.75, 3.05) is 39.4 Å². The molecule has 0 bridgehead atoms. The maximum Gasteiger partial charge on any atom is 0.254 e. The van der Waals surface area contributed by atoms with Crippen molar-refractivity contribution in [2.24, 2.45) is 0 Å². The molecule has 2 unspecified atom stereocenters. The lowest BCUT2D eigenvalue weighted by Gasteiger charge is -2.45. The zero-order chi connectivity index (χ0) is 19.4. The Balaban J connectivity index is 1.99. The SMILES string of the molecule is CCCN1CCOC2c3cc(C(=O)N(CC)CC)c(CCO)cc3CCC21. The monoisotopic (exact) mass is 374 g/mol. The van der Waals surface area contributed by atoms with E-state index in [4.69, 9.17) is 4.74 Å². The van der Waals surface area contributed by atoms with E-state index in [1.165, 1.54) is 11.1 Å². The van der Waals surface area contributed by atoms with Crippen LogP contribution < -0.4 is 0 Å². The average molecular weight is 375 g/mol. The first-order chi connectivity index (χ1) is 13.1. The van der Waals surface area contributed by atoms with Gasteiger partial charge in [-0.2, -0.15) is 0 Å². The standard InChI is InChI=1S/C22H34N2O3/c1-4-10-24-11-13-27-21-18-15-19(22(26)23(5-2)6-3)17(9-12-25)14-16(18)7-8-20(21)24/h14-15,20-21,25H,4-13H2,1-3H3. The molecule has 1 aliphatic heterocycles. The van der Waals surface area contributed by atoms with Gasteiger partial charge >= 0.3 is 0 Å². The summed E-state index contributed by atoms with van der Waals surface area (Å²) in [6, 6.07) is 4.64. The lowest BCUT2D eigenvalue weighted by atomic mass is 9.81. The number of aliphatic hydroxyl groups is 1. The zero-order valence-corrected chi connectivity index (χ0v) is 17.0. The summed E-state index contributed by atoms with van der Waals surface area (Å²) in [5.74, 6) is 0.0644. The van der Waals surface area contributed by atoms with Gasteiger partial charge in [0.1, 0.15) is 0 Å². The molecule has 1 N–H and O–H groups in total. The molecular weight excluding hydrogens is 340 g/mol. The fraction of sp³-hybridized carbons (Fsp3) is 0.682. The molecule has 1 saturated heterocycles. The summed E-state index contributed by atoms with van der Waals surface area (Å²) in [5.41, 5.74) is 4.18. The fourth-order valence-corrected chi connectivity index (χ4v) is 4.67. The molecule has 150 valence electrons. The van der Waals surface area contributed by atoms with E-state index in [9.17, 15) is 9.90 Å².